The number of alkyl carbamates (subject to hydrolysis) is 1. The molecule has 0 fully saturated rings. The minimum absolute atomic E-state index is 0.0532. The van der Waals surface area contributed by atoms with E-state index in [0.717, 1.165) is 25.8 Å². The van der Waals surface area contributed by atoms with Crippen molar-refractivity contribution in [1.82, 2.24) is 5.32 Å². The van der Waals surface area contributed by atoms with Crippen LogP contribution in [0.4, 0.5) is 4.79 Å². The van der Waals surface area contributed by atoms with Crippen molar-refractivity contribution in [2.24, 2.45) is 0 Å². The molecule has 4 rings (SSSR count). The van der Waals surface area contributed by atoms with Crippen molar-refractivity contribution in [3.63, 3.8) is 0 Å². The Balaban J connectivity index is 1.35. The molecule has 3 aromatic rings. The Morgan fingerprint density at radius 2 is 1.62 bits per heavy atom. The molecule has 0 bridgehead atoms. The Hall–Kier alpha value is -2.82. The van der Waals surface area contributed by atoms with Crippen molar-refractivity contribution in [3.8, 4) is 22.6 Å². The molecule has 0 radical (unpaired) electrons. The lowest BCUT2D eigenvalue weighted by Crippen LogP contribution is -2.36. The van der Waals surface area contributed by atoms with Crippen molar-refractivity contribution in [2.45, 2.75) is 18.1 Å². The van der Waals surface area contributed by atoms with Gasteiger partial charge in [0.1, 0.15) is 18.8 Å². The van der Waals surface area contributed by atoms with Gasteiger partial charge in [0, 0.05) is 12.5 Å². The summed E-state index contributed by atoms with van der Waals surface area (Å²) < 4.78 is 16.8. The number of benzene rings is 3. The maximum atomic E-state index is 12.4. The zero-order valence-corrected chi connectivity index (χ0v) is 21.0. The number of methoxy groups -OCH3 is 2. The van der Waals surface area contributed by atoms with Gasteiger partial charge in [-0.05, 0) is 62.5 Å². The topological polar surface area (TPSA) is 97.2 Å². The highest BCUT2D eigenvalue weighted by Crippen LogP contribution is 2.44. The Morgan fingerprint density at radius 1 is 1.00 bits per heavy atom. The van der Waals surface area contributed by atoms with E-state index in [0.29, 0.717) is 17.1 Å². The van der Waals surface area contributed by atoms with E-state index in [9.17, 15) is 15.0 Å². The van der Waals surface area contributed by atoms with Crippen LogP contribution in [0.5, 0.6) is 11.5 Å². The summed E-state index contributed by atoms with van der Waals surface area (Å²) in [5.74, 6) is 0.938. The van der Waals surface area contributed by atoms with E-state index in [-0.39, 0.29) is 19.1 Å². The van der Waals surface area contributed by atoms with Crippen LogP contribution in [0.3, 0.4) is 0 Å². The molecule has 8 heteroatoms. The number of hydrogen-bond acceptors (Lipinski definition) is 6. The number of hydrogen-bond donors (Lipinski definition) is 3. The quantitative estimate of drug-likeness (QED) is 0.348. The summed E-state index contributed by atoms with van der Waals surface area (Å²) in [6, 6.07) is 19.5. The van der Waals surface area contributed by atoms with E-state index in [4.69, 9.17) is 14.2 Å². The normalized spacial score (nSPS) is 14.0. The molecular weight excluding hydrogens is 549 g/mol. The molecule has 3 N–H and O–H groups in total. The summed E-state index contributed by atoms with van der Waals surface area (Å²) in [7, 11) is 3.03. The minimum Gasteiger partial charge on any atom is -0.493 e. The van der Waals surface area contributed by atoms with Crippen LogP contribution in [0.2, 0.25) is 0 Å². The van der Waals surface area contributed by atoms with Gasteiger partial charge in [0.15, 0.2) is 11.5 Å². The molecule has 0 heterocycles. The number of fused-ring (bicyclic) bond motifs is 3. The van der Waals surface area contributed by atoms with E-state index >= 15 is 0 Å². The molecule has 2 unspecified atom stereocenters. The number of halogens is 1. The highest BCUT2D eigenvalue weighted by molar-refractivity contribution is 14.1. The number of amides is 1. The number of carbonyl (C=O) groups excluding carboxylic acids is 1. The molecule has 178 valence electrons. The van der Waals surface area contributed by atoms with Gasteiger partial charge in [-0.3, -0.25) is 0 Å². The number of carbonyl (C=O) groups is 1. The molecular formula is C26H26INO6. The second-order valence-electron chi connectivity index (χ2n) is 7.96. The first-order valence-electron chi connectivity index (χ1n) is 10.8. The average Bonchev–Trinajstić information content (AvgIpc) is 3.18. The number of nitrogens with one attached hydrogen (secondary N) is 1. The number of rotatable bonds is 8. The molecule has 0 aromatic heterocycles. The van der Waals surface area contributed by atoms with Gasteiger partial charge in [-0.2, -0.15) is 0 Å². The lowest BCUT2D eigenvalue weighted by molar-refractivity contribution is 0.0184. The van der Waals surface area contributed by atoms with Crippen LogP contribution in [0, 0.1) is 3.57 Å². The second-order valence-corrected chi connectivity index (χ2v) is 9.12. The predicted octanol–water partition coefficient (Wildman–Crippen LogP) is 4.24. The molecule has 7 nitrogen and oxygen atoms in total. The van der Waals surface area contributed by atoms with Crippen LogP contribution in [0.15, 0.2) is 60.7 Å². The summed E-state index contributed by atoms with van der Waals surface area (Å²) in [5, 5.41) is 23.6. The van der Waals surface area contributed by atoms with Crippen LogP contribution < -0.4 is 14.8 Å². The zero-order chi connectivity index (χ0) is 24.2. The molecule has 3 aromatic carbocycles. The van der Waals surface area contributed by atoms with Gasteiger partial charge in [0.2, 0.25) is 0 Å². The molecule has 0 aliphatic heterocycles. The van der Waals surface area contributed by atoms with Crippen molar-refractivity contribution >= 4 is 28.7 Å². The van der Waals surface area contributed by atoms with Gasteiger partial charge >= 0.3 is 6.09 Å². The van der Waals surface area contributed by atoms with E-state index in [2.05, 4.69) is 40.0 Å². The van der Waals surface area contributed by atoms with E-state index in [1.54, 1.807) is 12.1 Å². The fourth-order valence-corrected chi connectivity index (χ4v) is 5.13. The maximum absolute atomic E-state index is 12.4. The number of ether oxygens (including phenoxy) is 3. The van der Waals surface area contributed by atoms with Crippen molar-refractivity contribution in [1.29, 1.82) is 0 Å². The lowest BCUT2D eigenvalue weighted by Gasteiger charge is -2.21. The number of aliphatic hydroxyl groups is 2. The highest BCUT2D eigenvalue weighted by Gasteiger charge is 2.29. The minimum atomic E-state index is -1.24. The Kier molecular flexibility index (Phi) is 7.60. The van der Waals surface area contributed by atoms with Crippen LogP contribution in [0.25, 0.3) is 11.1 Å². The summed E-state index contributed by atoms with van der Waals surface area (Å²) >= 11 is 2.07. The maximum Gasteiger partial charge on any atom is 0.407 e. The molecule has 0 saturated carbocycles. The third-order valence-electron chi connectivity index (χ3n) is 5.96. The Bertz CT molecular complexity index is 1140. The van der Waals surface area contributed by atoms with Crippen molar-refractivity contribution < 1.29 is 29.2 Å². The first kappa shape index (κ1) is 24.3. The monoisotopic (exact) mass is 575 g/mol. The van der Waals surface area contributed by atoms with E-state index in [1.807, 2.05) is 36.4 Å². The van der Waals surface area contributed by atoms with Gasteiger partial charge in [-0.15, -0.1) is 0 Å². The van der Waals surface area contributed by atoms with E-state index in [1.165, 1.54) is 14.2 Å². The Morgan fingerprint density at radius 3 is 2.21 bits per heavy atom. The van der Waals surface area contributed by atoms with Crippen molar-refractivity contribution in [3.05, 3.63) is 80.9 Å². The Labute approximate surface area is 211 Å². The molecule has 2 atom stereocenters. The molecule has 1 aliphatic carbocycles. The molecule has 0 spiro atoms. The summed E-state index contributed by atoms with van der Waals surface area (Å²) in [6.45, 7) is -0.00481. The SMILES string of the molecule is COc1cc(C(O)C(O)CNC(=O)OCC2c3ccccc3-c3ccccc32)cc(I)c1OC. The standard InChI is InChI=1S/C26H26INO6/c1-32-23-12-15(11-21(27)25(23)33-2)24(30)22(29)13-28-26(31)34-14-20-18-9-5-3-7-16(18)17-8-4-6-10-19(17)20/h3-12,20,22,24,29-30H,13-14H2,1-2H3,(H,28,31). The number of aliphatic hydroxyl groups excluding tert-OH is 2. The molecule has 34 heavy (non-hydrogen) atoms. The van der Waals surface area contributed by atoms with E-state index < -0.39 is 18.3 Å². The first-order valence-corrected chi connectivity index (χ1v) is 11.9. The van der Waals surface area contributed by atoms with Crippen molar-refractivity contribution in [2.75, 3.05) is 27.4 Å². The van der Waals surface area contributed by atoms with Gasteiger partial charge in [0.25, 0.3) is 0 Å². The fourth-order valence-electron chi connectivity index (χ4n) is 4.28. The summed E-state index contributed by atoms with van der Waals surface area (Å²) in [6.07, 6.45) is -3.13. The van der Waals surface area contributed by atoms with Crippen LogP contribution in [-0.2, 0) is 4.74 Å². The summed E-state index contributed by atoms with van der Waals surface area (Å²) in [5.41, 5.74) is 4.99. The first-order chi connectivity index (χ1) is 16.4. The van der Waals surface area contributed by atoms with Gasteiger partial charge in [0.05, 0.1) is 17.8 Å². The lowest BCUT2D eigenvalue weighted by atomic mass is 9.98. The highest BCUT2D eigenvalue weighted by atomic mass is 127. The van der Waals surface area contributed by atoms with Gasteiger partial charge in [-0.1, -0.05) is 48.5 Å². The zero-order valence-electron chi connectivity index (χ0n) is 18.8. The third-order valence-corrected chi connectivity index (χ3v) is 6.76. The van der Waals surface area contributed by atoms with Gasteiger partial charge < -0.3 is 29.7 Å². The van der Waals surface area contributed by atoms with Crippen LogP contribution in [0.1, 0.15) is 28.7 Å². The third kappa shape index (κ3) is 4.84. The summed E-state index contributed by atoms with van der Waals surface area (Å²) in [4.78, 5) is 12.4. The second kappa shape index (κ2) is 10.6. The molecule has 0 saturated heterocycles. The van der Waals surface area contributed by atoms with Crippen LogP contribution >= 0.6 is 22.6 Å². The fraction of sp³-hybridized carbons (Fsp3) is 0.269. The van der Waals surface area contributed by atoms with Crippen LogP contribution in [-0.4, -0.2) is 49.8 Å². The largest absolute Gasteiger partial charge is 0.493 e. The predicted molar refractivity (Wildman–Crippen MR) is 136 cm³/mol. The smallest absolute Gasteiger partial charge is 0.407 e. The van der Waals surface area contributed by atoms with Gasteiger partial charge in [-0.25, -0.2) is 4.79 Å². The molecule has 1 amide bonds. The average molecular weight is 575 g/mol. The molecule has 1 aliphatic rings.